The Bertz CT molecular complexity index is 575. The molecule has 1 aliphatic heterocycles. The van der Waals surface area contributed by atoms with Crippen LogP contribution in [-0.4, -0.2) is 38.4 Å². The summed E-state index contributed by atoms with van der Waals surface area (Å²) in [5.41, 5.74) is 0.727. The Kier molecular flexibility index (Phi) is 5.17. The van der Waals surface area contributed by atoms with Crippen LogP contribution in [0, 0.1) is 0 Å². The minimum Gasteiger partial charge on any atom is -0.324 e. The summed E-state index contributed by atoms with van der Waals surface area (Å²) in [6.45, 7) is 0.187. The molecule has 1 heterocycles. The second kappa shape index (κ2) is 6.69. The minimum absolute atomic E-state index is 0.100. The summed E-state index contributed by atoms with van der Waals surface area (Å²) in [7, 11) is -2.86. The van der Waals surface area contributed by atoms with E-state index in [2.05, 4.69) is 26.6 Å². The molecule has 0 radical (unpaired) electrons. The number of anilines is 1. The number of nitrogens with one attached hydrogen (secondary N) is 2. The Labute approximate surface area is 127 Å². The maximum absolute atomic E-state index is 11.8. The number of carbonyl (C=O) groups excluding carboxylic acids is 1. The van der Waals surface area contributed by atoms with E-state index in [1.54, 1.807) is 0 Å². The van der Waals surface area contributed by atoms with E-state index in [-0.39, 0.29) is 30.0 Å². The maximum Gasteiger partial charge on any atom is 0.238 e. The van der Waals surface area contributed by atoms with Gasteiger partial charge < -0.3 is 10.6 Å². The van der Waals surface area contributed by atoms with Gasteiger partial charge in [0, 0.05) is 10.5 Å². The highest BCUT2D eigenvalue weighted by Crippen LogP contribution is 2.20. The van der Waals surface area contributed by atoms with Crippen LogP contribution in [0.5, 0.6) is 0 Å². The highest BCUT2D eigenvalue weighted by molar-refractivity contribution is 9.10. The smallest absolute Gasteiger partial charge is 0.238 e. The Morgan fingerprint density at radius 3 is 2.55 bits per heavy atom. The van der Waals surface area contributed by atoms with E-state index in [1.165, 1.54) is 0 Å². The monoisotopic (exact) mass is 360 g/mol. The highest BCUT2D eigenvalue weighted by atomic mass is 79.9. The van der Waals surface area contributed by atoms with Gasteiger partial charge in [-0.05, 0) is 40.9 Å². The van der Waals surface area contributed by atoms with Gasteiger partial charge in [-0.3, -0.25) is 4.79 Å². The van der Waals surface area contributed by atoms with Crippen molar-refractivity contribution in [2.75, 3.05) is 23.4 Å². The van der Waals surface area contributed by atoms with Gasteiger partial charge in [0.2, 0.25) is 5.91 Å². The van der Waals surface area contributed by atoms with Crippen LogP contribution in [-0.2, 0) is 14.6 Å². The van der Waals surface area contributed by atoms with E-state index in [0.29, 0.717) is 12.8 Å². The molecule has 0 aliphatic carbocycles. The third-order valence-corrected chi connectivity index (χ3v) is 5.66. The molecule has 5 nitrogen and oxygen atoms in total. The Balaban J connectivity index is 1.77. The number of hydrogen-bond acceptors (Lipinski definition) is 4. The van der Waals surface area contributed by atoms with Gasteiger partial charge in [0.15, 0.2) is 0 Å². The summed E-state index contributed by atoms with van der Waals surface area (Å²) in [6.07, 6.45) is 1.15. The first kappa shape index (κ1) is 15.5. The molecule has 1 aromatic carbocycles. The number of rotatable bonds is 4. The van der Waals surface area contributed by atoms with Gasteiger partial charge in [-0.15, -0.1) is 0 Å². The molecule has 0 saturated carbocycles. The fourth-order valence-electron chi connectivity index (χ4n) is 2.09. The van der Waals surface area contributed by atoms with E-state index >= 15 is 0 Å². The van der Waals surface area contributed by atoms with Crippen LogP contribution in [0.25, 0.3) is 0 Å². The van der Waals surface area contributed by atoms with Gasteiger partial charge in [0.25, 0.3) is 0 Å². The molecule has 20 heavy (non-hydrogen) atoms. The SMILES string of the molecule is O=C(CNC1CCS(=O)(=O)CC1)Nc1ccccc1Br. The number of para-hydroxylation sites is 1. The van der Waals surface area contributed by atoms with Crippen molar-refractivity contribution in [2.45, 2.75) is 18.9 Å². The number of benzene rings is 1. The molecule has 1 aromatic rings. The van der Waals surface area contributed by atoms with Gasteiger partial charge in [-0.25, -0.2) is 8.42 Å². The lowest BCUT2D eigenvalue weighted by Crippen LogP contribution is -2.41. The molecule has 2 N–H and O–H groups in total. The van der Waals surface area contributed by atoms with Crippen LogP contribution in [0.2, 0.25) is 0 Å². The lowest BCUT2D eigenvalue weighted by molar-refractivity contribution is -0.115. The molecular weight excluding hydrogens is 344 g/mol. The predicted octanol–water partition coefficient (Wildman–Crippen LogP) is 1.55. The number of carbonyl (C=O) groups is 1. The van der Waals surface area contributed by atoms with E-state index < -0.39 is 9.84 Å². The summed E-state index contributed by atoms with van der Waals surface area (Å²) in [6, 6.07) is 7.49. The zero-order valence-electron chi connectivity index (χ0n) is 10.9. The van der Waals surface area contributed by atoms with Crippen molar-refractivity contribution in [3.63, 3.8) is 0 Å². The van der Waals surface area contributed by atoms with Crippen LogP contribution in [0.15, 0.2) is 28.7 Å². The summed E-state index contributed by atoms with van der Waals surface area (Å²) in [5, 5.41) is 5.91. The third-order valence-electron chi connectivity index (χ3n) is 3.25. The van der Waals surface area contributed by atoms with Crippen LogP contribution < -0.4 is 10.6 Å². The van der Waals surface area contributed by atoms with E-state index in [4.69, 9.17) is 0 Å². The van der Waals surface area contributed by atoms with Gasteiger partial charge in [-0.2, -0.15) is 0 Å². The van der Waals surface area contributed by atoms with E-state index in [9.17, 15) is 13.2 Å². The van der Waals surface area contributed by atoms with Crippen LogP contribution in [0.3, 0.4) is 0 Å². The molecule has 1 amide bonds. The van der Waals surface area contributed by atoms with Gasteiger partial charge in [0.05, 0.1) is 23.7 Å². The molecule has 110 valence electrons. The second-order valence-corrected chi connectivity index (χ2v) is 7.99. The van der Waals surface area contributed by atoms with Crippen molar-refractivity contribution in [1.29, 1.82) is 0 Å². The molecule has 2 rings (SSSR count). The average molecular weight is 361 g/mol. The number of hydrogen-bond donors (Lipinski definition) is 2. The molecule has 0 bridgehead atoms. The Hall–Kier alpha value is -0.920. The summed E-state index contributed by atoms with van der Waals surface area (Å²) in [4.78, 5) is 11.8. The lowest BCUT2D eigenvalue weighted by Gasteiger charge is -2.22. The van der Waals surface area contributed by atoms with Crippen molar-refractivity contribution in [1.82, 2.24) is 5.32 Å². The molecule has 0 atom stereocenters. The normalized spacial score (nSPS) is 18.6. The summed E-state index contributed by atoms with van der Waals surface area (Å²) < 4.78 is 23.4. The van der Waals surface area contributed by atoms with Crippen molar-refractivity contribution in [3.05, 3.63) is 28.7 Å². The van der Waals surface area contributed by atoms with E-state index in [1.807, 2.05) is 24.3 Å². The molecular formula is C13H17BrN2O3S. The van der Waals surface area contributed by atoms with Crippen molar-refractivity contribution in [2.24, 2.45) is 0 Å². The van der Waals surface area contributed by atoms with Crippen molar-refractivity contribution in [3.8, 4) is 0 Å². The number of amides is 1. The summed E-state index contributed by atoms with van der Waals surface area (Å²) in [5.74, 6) is 0.276. The van der Waals surface area contributed by atoms with Crippen LogP contribution >= 0.6 is 15.9 Å². The number of halogens is 1. The lowest BCUT2D eigenvalue weighted by atomic mass is 10.1. The predicted molar refractivity (Wildman–Crippen MR) is 82.5 cm³/mol. The molecule has 1 fully saturated rings. The molecule has 1 saturated heterocycles. The third kappa shape index (κ3) is 4.57. The minimum atomic E-state index is -2.86. The Morgan fingerprint density at radius 1 is 1.25 bits per heavy atom. The zero-order valence-corrected chi connectivity index (χ0v) is 13.3. The molecule has 7 heteroatoms. The van der Waals surface area contributed by atoms with Crippen LogP contribution in [0.1, 0.15) is 12.8 Å². The fraction of sp³-hybridized carbons (Fsp3) is 0.462. The quantitative estimate of drug-likeness (QED) is 0.854. The Morgan fingerprint density at radius 2 is 1.90 bits per heavy atom. The zero-order chi connectivity index (χ0) is 14.6. The van der Waals surface area contributed by atoms with Crippen LogP contribution in [0.4, 0.5) is 5.69 Å². The molecule has 0 spiro atoms. The largest absolute Gasteiger partial charge is 0.324 e. The molecule has 0 aromatic heterocycles. The summed E-state index contributed by atoms with van der Waals surface area (Å²) >= 11 is 3.36. The van der Waals surface area contributed by atoms with E-state index in [0.717, 1.165) is 10.2 Å². The first-order valence-electron chi connectivity index (χ1n) is 6.44. The maximum atomic E-state index is 11.8. The average Bonchev–Trinajstić information content (AvgIpc) is 2.40. The second-order valence-electron chi connectivity index (χ2n) is 4.84. The van der Waals surface area contributed by atoms with Gasteiger partial charge >= 0.3 is 0 Å². The first-order chi connectivity index (χ1) is 9.46. The highest BCUT2D eigenvalue weighted by Gasteiger charge is 2.23. The first-order valence-corrected chi connectivity index (χ1v) is 9.06. The molecule has 1 aliphatic rings. The topological polar surface area (TPSA) is 75.3 Å². The molecule has 0 unspecified atom stereocenters. The van der Waals surface area contributed by atoms with Crippen molar-refractivity contribution < 1.29 is 13.2 Å². The standard InChI is InChI=1S/C13H17BrN2O3S/c14-11-3-1-2-4-12(11)16-13(17)9-15-10-5-7-20(18,19)8-6-10/h1-4,10,15H,5-9H2,(H,16,17). The van der Waals surface area contributed by atoms with Gasteiger partial charge in [-0.1, -0.05) is 12.1 Å². The van der Waals surface area contributed by atoms with Gasteiger partial charge in [0.1, 0.15) is 9.84 Å². The number of sulfone groups is 1. The fourth-order valence-corrected chi connectivity index (χ4v) is 3.96. The van der Waals surface area contributed by atoms with Crippen molar-refractivity contribution >= 4 is 37.4 Å².